The van der Waals surface area contributed by atoms with E-state index < -0.39 is 5.92 Å². The van der Waals surface area contributed by atoms with Gasteiger partial charge < -0.3 is 15.2 Å². The fourth-order valence-electron chi connectivity index (χ4n) is 1.96. The van der Waals surface area contributed by atoms with Gasteiger partial charge in [-0.15, -0.1) is 0 Å². The fourth-order valence-corrected chi connectivity index (χ4v) is 2.41. The van der Waals surface area contributed by atoms with Crippen LogP contribution < -0.4 is 10.5 Å². The normalized spacial score (nSPS) is 11.8. The molecular weight excluding hydrogens is 325 g/mol. The van der Waals surface area contributed by atoms with Crippen LogP contribution >= 0.6 is 23.2 Å². The summed E-state index contributed by atoms with van der Waals surface area (Å²) in [6.07, 6.45) is 0. The Morgan fingerprint density at radius 2 is 1.86 bits per heavy atom. The number of benzene rings is 2. The van der Waals surface area contributed by atoms with Gasteiger partial charge in [0.2, 0.25) is 0 Å². The second-order valence-electron chi connectivity index (χ2n) is 4.56. The van der Waals surface area contributed by atoms with Crippen molar-refractivity contribution >= 4 is 29.2 Å². The zero-order valence-corrected chi connectivity index (χ0v) is 13.4. The van der Waals surface area contributed by atoms with Crippen molar-refractivity contribution in [3.63, 3.8) is 0 Å². The lowest BCUT2D eigenvalue weighted by molar-refractivity contribution is -0.142. The van der Waals surface area contributed by atoms with E-state index in [0.717, 1.165) is 5.56 Å². The summed E-state index contributed by atoms with van der Waals surface area (Å²) in [4.78, 5) is 11.6. The lowest BCUT2D eigenvalue weighted by atomic mass is 9.99. The zero-order valence-electron chi connectivity index (χ0n) is 11.9. The van der Waals surface area contributed by atoms with E-state index in [1.807, 2.05) is 0 Å². The van der Waals surface area contributed by atoms with Crippen LogP contribution in [-0.4, -0.2) is 19.6 Å². The maximum atomic E-state index is 11.6. The van der Waals surface area contributed by atoms with Crippen LogP contribution in [0.3, 0.4) is 0 Å². The lowest BCUT2D eigenvalue weighted by Gasteiger charge is -2.13. The third-order valence-corrected chi connectivity index (χ3v) is 3.66. The highest BCUT2D eigenvalue weighted by Gasteiger charge is 2.19. The number of halogens is 2. The Hall–Kier alpha value is -1.75. The van der Waals surface area contributed by atoms with E-state index in [1.165, 1.54) is 7.11 Å². The molecule has 0 aliphatic rings. The van der Waals surface area contributed by atoms with Gasteiger partial charge >= 0.3 is 5.97 Å². The number of hydrogen-bond donors (Lipinski definition) is 1. The summed E-state index contributed by atoms with van der Waals surface area (Å²) < 4.78 is 10.4. The van der Waals surface area contributed by atoms with Gasteiger partial charge in [-0.05, 0) is 35.9 Å². The van der Waals surface area contributed by atoms with Crippen molar-refractivity contribution in [2.45, 2.75) is 5.92 Å². The molecule has 2 aromatic rings. The van der Waals surface area contributed by atoms with Gasteiger partial charge in [0.1, 0.15) is 11.5 Å². The van der Waals surface area contributed by atoms with Crippen LogP contribution in [0.2, 0.25) is 10.0 Å². The predicted octanol–water partition coefficient (Wildman–Crippen LogP) is 4.00. The van der Waals surface area contributed by atoms with Gasteiger partial charge in [0.15, 0.2) is 0 Å². The zero-order chi connectivity index (χ0) is 16.1. The molecule has 2 aromatic carbocycles. The highest BCUT2D eigenvalue weighted by molar-refractivity contribution is 6.35. The van der Waals surface area contributed by atoms with Crippen molar-refractivity contribution in [3.05, 3.63) is 58.1 Å². The first kappa shape index (κ1) is 16.6. The third kappa shape index (κ3) is 3.91. The van der Waals surface area contributed by atoms with Gasteiger partial charge in [0.05, 0.1) is 18.1 Å². The van der Waals surface area contributed by atoms with Crippen LogP contribution in [0, 0.1) is 0 Å². The second kappa shape index (κ2) is 7.49. The highest BCUT2D eigenvalue weighted by atomic mass is 35.5. The molecule has 0 bridgehead atoms. The van der Waals surface area contributed by atoms with Crippen molar-refractivity contribution < 1.29 is 14.3 Å². The molecule has 0 saturated heterocycles. The van der Waals surface area contributed by atoms with Crippen LogP contribution in [0.4, 0.5) is 0 Å². The Labute approximate surface area is 138 Å². The first-order chi connectivity index (χ1) is 10.5. The molecule has 6 heteroatoms. The Kier molecular flexibility index (Phi) is 5.66. The van der Waals surface area contributed by atoms with E-state index in [1.54, 1.807) is 42.5 Å². The molecule has 116 valence electrons. The van der Waals surface area contributed by atoms with Gasteiger partial charge in [0, 0.05) is 11.6 Å². The highest BCUT2D eigenvalue weighted by Crippen LogP contribution is 2.32. The number of hydrogen-bond acceptors (Lipinski definition) is 4. The summed E-state index contributed by atoms with van der Waals surface area (Å²) in [7, 11) is 1.34. The van der Waals surface area contributed by atoms with Crippen LogP contribution in [0.1, 0.15) is 11.5 Å². The molecular formula is C16H15Cl2NO3. The second-order valence-corrected chi connectivity index (χ2v) is 5.40. The molecule has 0 aliphatic carbocycles. The van der Waals surface area contributed by atoms with Crippen molar-refractivity contribution in [2.24, 2.45) is 5.73 Å². The smallest absolute Gasteiger partial charge is 0.314 e. The molecule has 4 nitrogen and oxygen atoms in total. The molecule has 22 heavy (non-hydrogen) atoms. The predicted molar refractivity (Wildman–Crippen MR) is 86.8 cm³/mol. The van der Waals surface area contributed by atoms with Crippen molar-refractivity contribution in [1.82, 2.24) is 0 Å². The molecule has 0 heterocycles. The first-order valence-electron chi connectivity index (χ1n) is 6.56. The Morgan fingerprint density at radius 3 is 2.41 bits per heavy atom. The van der Waals surface area contributed by atoms with E-state index in [9.17, 15) is 4.79 Å². The van der Waals surface area contributed by atoms with Gasteiger partial charge in [-0.25, -0.2) is 0 Å². The maximum absolute atomic E-state index is 11.6. The van der Waals surface area contributed by atoms with Gasteiger partial charge in [0.25, 0.3) is 0 Å². The molecule has 0 fully saturated rings. The average Bonchev–Trinajstić information content (AvgIpc) is 2.52. The quantitative estimate of drug-likeness (QED) is 0.836. The number of carbonyl (C=O) groups is 1. The summed E-state index contributed by atoms with van der Waals surface area (Å²) in [5.41, 5.74) is 6.38. The van der Waals surface area contributed by atoms with Gasteiger partial charge in [-0.3, -0.25) is 4.79 Å². The molecule has 0 amide bonds. The van der Waals surface area contributed by atoms with E-state index in [4.69, 9.17) is 38.4 Å². The molecule has 1 unspecified atom stereocenters. The maximum Gasteiger partial charge on any atom is 0.314 e. The van der Waals surface area contributed by atoms with Crippen molar-refractivity contribution in [2.75, 3.05) is 13.7 Å². The Bertz CT molecular complexity index is 659. The minimum Gasteiger partial charge on any atom is -0.469 e. The van der Waals surface area contributed by atoms with E-state index in [0.29, 0.717) is 21.5 Å². The summed E-state index contributed by atoms with van der Waals surface area (Å²) in [5, 5.41) is 0.961. The van der Waals surface area contributed by atoms with Gasteiger partial charge in [-0.1, -0.05) is 35.3 Å². The van der Waals surface area contributed by atoms with Crippen molar-refractivity contribution in [3.8, 4) is 11.5 Å². The van der Waals surface area contributed by atoms with Crippen molar-refractivity contribution in [1.29, 1.82) is 0 Å². The molecule has 0 spiro atoms. The SMILES string of the molecule is COC(=O)C(CN)c1ccc(Oc2ccc(Cl)cc2Cl)cc1. The van der Waals surface area contributed by atoms with E-state index in [-0.39, 0.29) is 12.5 Å². The van der Waals surface area contributed by atoms with Crippen LogP contribution in [0.5, 0.6) is 11.5 Å². The number of rotatable bonds is 5. The third-order valence-electron chi connectivity index (χ3n) is 3.13. The van der Waals surface area contributed by atoms with E-state index >= 15 is 0 Å². The lowest BCUT2D eigenvalue weighted by Crippen LogP contribution is -2.22. The molecule has 0 aromatic heterocycles. The summed E-state index contributed by atoms with van der Waals surface area (Å²) in [6.45, 7) is 0.176. The minimum absolute atomic E-state index is 0.176. The largest absolute Gasteiger partial charge is 0.469 e. The first-order valence-corrected chi connectivity index (χ1v) is 7.31. The Balaban J connectivity index is 2.16. The van der Waals surface area contributed by atoms with E-state index in [2.05, 4.69) is 0 Å². The molecule has 2 rings (SSSR count). The average molecular weight is 340 g/mol. The summed E-state index contributed by atoms with van der Waals surface area (Å²) in [5.74, 6) is 0.242. The molecule has 0 radical (unpaired) electrons. The Morgan fingerprint density at radius 1 is 1.18 bits per heavy atom. The van der Waals surface area contributed by atoms with Crippen LogP contribution in [0.25, 0.3) is 0 Å². The number of esters is 1. The summed E-state index contributed by atoms with van der Waals surface area (Å²) in [6, 6.07) is 12.0. The van der Waals surface area contributed by atoms with Gasteiger partial charge in [-0.2, -0.15) is 0 Å². The standard InChI is InChI=1S/C16H15Cl2NO3/c1-21-16(20)13(9-19)10-2-5-12(6-3-10)22-15-7-4-11(17)8-14(15)18/h2-8,13H,9,19H2,1H3. The minimum atomic E-state index is -0.488. The fraction of sp³-hybridized carbons (Fsp3) is 0.188. The number of nitrogens with two attached hydrogens (primary N) is 1. The molecule has 0 aliphatic heterocycles. The molecule has 0 saturated carbocycles. The molecule has 2 N–H and O–H groups in total. The van der Waals surface area contributed by atoms with Crippen LogP contribution in [0.15, 0.2) is 42.5 Å². The molecule has 1 atom stereocenters. The monoisotopic (exact) mass is 339 g/mol. The van der Waals surface area contributed by atoms with Crippen LogP contribution in [-0.2, 0) is 9.53 Å². The topological polar surface area (TPSA) is 61.5 Å². The number of methoxy groups -OCH3 is 1. The summed E-state index contributed by atoms with van der Waals surface area (Å²) >= 11 is 11.9. The number of ether oxygens (including phenoxy) is 2. The number of carbonyl (C=O) groups excluding carboxylic acids is 1.